The monoisotopic (exact) mass is 250 g/mol. The van der Waals surface area contributed by atoms with E-state index in [4.69, 9.17) is 17.0 Å². The van der Waals surface area contributed by atoms with Crippen LogP contribution in [-0.2, 0) is 6.54 Å². The number of aromatic amines is 1. The molecular weight excluding hydrogens is 236 g/mol. The largest absolute Gasteiger partial charge is 0.480 e. The summed E-state index contributed by atoms with van der Waals surface area (Å²) in [7, 11) is 1.59. The van der Waals surface area contributed by atoms with Gasteiger partial charge in [0.1, 0.15) is 0 Å². The summed E-state index contributed by atoms with van der Waals surface area (Å²) < 4.78 is 7.80. The van der Waals surface area contributed by atoms with Gasteiger partial charge < -0.3 is 9.30 Å². The summed E-state index contributed by atoms with van der Waals surface area (Å²) in [6, 6.07) is 3.77. The van der Waals surface area contributed by atoms with Gasteiger partial charge in [0.25, 0.3) is 0 Å². The van der Waals surface area contributed by atoms with Crippen LogP contribution in [0.1, 0.15) is 13.3 Å². The molecule has 0 saturated heterocycles. The van der Waals surface area contributed by atoms with Crippen LogP contribution in [0.3, 0.4) is 0 Å². The van der Waals surface area contributed by atoms with Crippen molar-refractivity contribution in [2.75, 3.05) is 7.11 Å². The molecule has 1 N–H and O–H groups in total. The first kappa shape index (κ1) is 11.8. The fraction of sp³-hybridized carbons (Fsp3) is 0.364. The van der Waals surface area contributed by atoms with Gasteiger partial charge >= 0.3 is 0 Å². The molecule has 0 aliphatic rings. The van der Waals surface area contributed by atoms with Crippen LogP contribution in [0, 0.1) is 4.77 Å². The molecule has 2 heterocycles. The third kappa shape index (κ3) is 2.21. The molecule has 0 radical (unpaired) electrons. The summed E-state index contributed by atoms with van der Waals surface area (Å²) in [6.45, 7) is 2.92. The number of nitrogens with one attached hydrogen (secondary N) is 1. The third-order valence-electron chi connectivity index (χ3n) is 2.41. The maximum absolute atomic E-state index is 5.23. The highest BCUT2D eigenvalue weighted by Crippen LogP contribution is 2.25. The van der Waals surface area contributed by atoms with E-state index in [-0.39, 0.29) is 0 Å². The van der Waals surface area contributed by atoms with Gasteiger partial charge in [0.15, 0.2) is 10.6 Å². The van der Waals surface area contributed by atoms with Gasteiger partial charge in [-0.2, -0.15) is 5.10 Å². The van der Waals surface area contributed by atoms with Crippen LogP contribution in [0.4, 0.5) is 0 Å². The predicted octanol–water partition coefficient (Wildman–Crippen LogP) is 2.42. The lowest BCUT2D eigenvalue weighted by Crippen LogP contribution is -2.01. The Kier molecular flexibility index (Phi) is 3.53. The molecule has 0 spiro atoms. The second-order valence-electron chi connectivity index (χ2n) is 3.56. The van der Waals surface area contributed by atoms with Crippen molar-refractivity contribution in [3.63, 3.8) is 0 Å². The van der Waals surface area contributed by atoms with Crippen LogP contribution in [-0.4, -0.2) is 26.9 Å². The van der Waals surface area contributed by atoms with Gasteiger partial charge in [0.2, 0.25) is 5.88 Å². The summed E-state index contributed by atoms with van der Waals surface area (Å²) >= 11 is 5.20. The lowest BCUT2D eigenvalue weighted by atomic mass is 10.2. The smallest absolute Gasteiger partial charge is 0.224 e. The number of rotatable bonds is 4. The Hall–Kier alpha value is -1.69. The Labute approximate surface area is 104 Å². The average molecular weight is 250 g/mol. The zero-order valence-electron chi connectivity index (χ0n) is 9.80. The lowest BCUT2D eigenvalue weighted by molar-refractivity contribution is 0.399. The number of hydrogen-bond acceptors (Lipinski definition) is 4. The van der Waals surface area contributed by atoms with Gasteiger partial charge in [-0.05, 0) is 30.8 Å². The van der Waals surface area contributed by atoms with Gasteiger partial charge in [0.05, 0.1) is 12.7 Å². The summed E-state index contributed by atoms with van der Waals surface area (Å²) in [5.74, 6) is 1.32. The zero-order chi connectivity index (χ0) is 12.3. The molecule has 2 aromatic rings. The van der Waals surface area contributed by atoms with Crippen molar-refractivity contribution in [1.29, 1.82) is 0 Å². The molecule has 0 aromatic carbocycles. The Balaban J connectivity index is 2.56. The van der Waals surface area contributed by atoms with Crippen molar-refractivity contribution < 1.29 is 4.74 Å². The van der Waals surface area contributed by atoms with Gasteiger partial charge in [-0.15, -0.1) is 0 Å². The van der Waals surface area contributed by atoms with E-state index >= 15 is 0 Å². The summed E-state index contributed by atoms with van der Waals surface area (Å²) in [5.41, 5.74) is 0.843. The molecule has 0 amide bonds. The molecular formula is C11H14N4OS. The molecule has 17 heavy (non-hydrogen) atoms. The molecule has 0 aliphatic carbocycles. The van der Waals surface area contributed by atoms with E-state index in [1.54, 1.807) is 13.3 Å². The van der Waals surface area contributed by atoms with Crippen molar-refractivity contribution in [2.24, 2.45) is 0 Å². The fourth-order valence-electron chi connectivity index (χ4n) is 1.68. The Morgan fingerprint density at radius 3 is 3.06 bits per heavy atom. The Morgan fingerprint density at radius 1 is 1.53 bits per heavy atom. The van der Waals surface area contributed by atoms with E-state index in [0.717, 1.165) is 24.4 Å². The van der Waals surface area contributed by atoms with Crippen LogP contribution in [0.2, 0.25) is 0 Å². The molecule has 0 aliphatic heterocycles. The minimum absolute atomic E-state index is 0.554. The molecule has 6 heteroatoms. The minimum Gasteiger partial charge on any atom is -0.480 e. The highest BCUT2D eigenvalue weighted by atomic mass is 32.1. The van der Waals surface area contributed by atoms with E-state index in [9.17, 15) is 0 Å². The summed E-state index contributed by atoms with van der Waals surface area (Å²) in [5, 5.41) is 7.04. The molecule has 0 atom stereocenters. The fourth-order valence-corrected chi connectivity index (χ4v) is 1.90. The number of methoxy groups -OCH3 is 1. The van der Waals surface area contributed by atoms with Crippen LogP contribution >= 0.6 is 12.2 Å². The first-order valence-electron chi connectivity index (χ1n) is 5.42. The maximum atomic E-state index is 5.23. The molecule has 0 fully saturated rings. The van der Waals surface area contributed by atoms with Gasteiger partial charge in [-0.1, -0.05) is 6.92 Å². The highest BCUT2D eigenvalue weighted by Gasteiger charge is 2.13. The summed E-state index contributed by atoms with van der Waals surface area (Å²) in [4.78, 5) is 4.16. The normalized spacial score (nSPS) is 10.5. The minimum atomic E-state index is 0.554. The molecule has 2 rings (SSSR count). The Morgan fingerprint density at radius 2 is 2.35 bits per heavy atom. The SMILES string of the molecule is CCCn1c(-c2cccnc2OC)n[nH]c1=S. The number of hydrogen-bond donors (Lipinski definition) is 1. The molecule has 5 nitrogen and oxygen atoms in total. The van der Waals surface area contributed by atoms with Crippen molar-refractivity contribution in [3.05, 3.63) is 23.1 Å². The van der Waals surface area contributed by atoms with Crippen molar-refractivity contribution in [1.82, 2.24) is 19.7 Å². The van der Waals surface area contributed by atoms with Gasteiger partial charge in [-0.25, -0.2) is 4.98 Å². The van der Waals surface area contributed by atoms with Gasteiger partial charge in [0, 0.05) is 12.7 Å². The van der Waals surface area contributed by atoms with Crippen molar-refractivity contribution in [2.45, 2.75) is 19.9 Å². The Bertz CT molecular complexity index is 561. The van der Waals surface area contributed by atoms with E-state index < -0.39 is 0 Å². The topological polar surface area (TPSA) is 55.7 Å². The van der Waals surface area contributed by atoms with Crippen molar-refractivity contribution in [3.8, 4) is 17.3 Å². The highest BCUT2D eigenvalue weighted by molar-refractivity contribution is 7.71. The molecule has 2 aromatic heterocycles. The van der Waals surface area contributed by atoms with Crippen LogP contribution in [0.25, 0.3) is 11.4 Å². The van der Waals surface area contributed by atoms with E-state index in [2.05, 4.69) is 22.1 Å². The van der Waals surface area contributed by atoms with Crippen molar-refractivity contribution >= 4 is 12.2 Å². The molecule has 0 saturated carbocycles. The molecule has 90 valence electrons. The maximum Gasteiger partial charge on any atom is 0.224 e. The van der Waals surface area contributed by atoms with E-state index in [1.807, 2.05) is 16.7 Å². The van der Waals surface area contributed by atoms with E-state index in [1.165, 1.54) is 0 Å². The van der Waals surface area contributed by atoms with Gasteiger partial charge in [-0.3, -0.25) is 5.10 Å². The summed E-state index contributed by atoms with van der Waals surface area (Å²) in [6.07, 6.45) is 2.68. The number of pyridine rings is 1. The third-order valence-corrected chi connectivity index (χ3v) is 2.72. The van der Waals surface area contributed by atoms with E-state index in [0.29, 0.717) is 10.7 Å². The first-order chi connectivity index (χ1) is 8.27. The molecule has 0 bridgehead atoms. The van der Waals surface area contributed by atoms with Crippen LogP contribution < -0.4 is 4.74 Å². The van der Waals surface area contributed by atoms with Crippen LogP contribution in [0.15, 0.2) is 18.3 Å². The predicted molar refractivity (Wildman–Crippen MR) is 67.5 cm³/mol. The standard InChI is InChI=1S/C11H14N4OS/c1-3-7-15-9(13-14-11(15)17)8-5-4-6-12-10(8)16-2/h4-6H,3,7H2,1-2H3,(H,14,17). The second kappa shape index (κ2) is 5.09. The average Bonchev–Trinajstić information content (AvgIpc) is 2.72. The zero-order valence-corrected chi connectivity index (χ0v) is 10.6. The van der Waals surface area contributed by atoms with Crippen LogP contribution in [0.5, 0.6) is 5.88 Å². The number of aromatic nitrogens is 4. The molecule has 0 unspecified atom stereocenters. The first-order valence-corrected chi connectivity index (χ1v) is 5.83. The quantitative estimate of drug-likeness (QED) is 0.847. The number of H-pyrrole nitrogens is 1. The number of ether oxygens (including phenoxy) is 1. The second-order valence-corrected chi connectivity index (χ2v) is 3.95. The number of nitrogens with zero attached hydrogens (tertiary/aromatic N) is 3. The lowest BCUT2D eigenvalue weighted by Gasteiger charge is -2.07.